The van der Waals surface area contributed by atoms with Crippen molar-refractivity contribution in [2.24, 2.45) is 0 Å². The highest BCUT2D eigenvalue weighted by Gasteiger charge is 2.51. The van der Waals surface area contributed by atoms with Gasteiger partial charge in [-0.3, -0.25) is 0 Å². The standard InChI is InChI=1S/C21H24F6N2O/c1-11(2)30-19(21(25,26)27)18-8-5-13(4)29(18)14-6-7-17-15(10-14)16(20(22,23)24)9-12(3)28-17/h6-7,9-11,13,18-19,28H,3,5,8H2,1-2,4H3/t13-,18?,19+/m0/s1. The first-order chi connectivity index (χ1) is 13.8. The maximum Gasteiger partial charge on any atom is 0.417 e. The minimum atomic E-state index is -4.62. The van der Waals surface area contributed by atoms with Crippen molar-refractivity contribution in [3.05, 3.63) is 42.1 Å². The Bertz CT molecular complexity index is 843. The van der Waals surface area contributed by atoms with Crippen LogP contribution in [0.15, 0.2) is 36.6 Å². The molecule has 1 unspecified atom stereocenters. The molecule has 1 N–H and O–H groups in total. The van der Waals surface area contributed by atoms with Crippen molar-refractivity contribution in [2.75, 3.05) is 10.2 Å². The molecule has 3 nitrogen and oxygen atoms in total. The lowest BCUT2D eigenvalue weighted by atomic mass is 9.97. The number of alkyl halides is 6. The van der Waals surface area contributed by atoms with Crippen molar-refractivity contribution in [1.82, 2.24) is 0 Å². The minimum absolute atomic E-state index is 0.0949. The fourth-order valence-corrected chi connectivity index (χ4v) is 4.16. The lowest BCUT2D eigenvalue weighted by Gasteiger charge is -2.38. The molecule has 2 aliphatic heterocycles. The van der Waals surface area contributed by atoms with Crippen molar-refractivity contribution < 1.29 is 31.1 Å². The monoisotopic (exact) mass is 434 g/mol. The quantitative estimate of drug-likeness (QED) is 0.564. The van der Waals surface area contributed by atoms with Gasteiger partial charge in [-0.1, -0.05) is 6.58 Å². The van der Waals surface area contributed by atoms with Crippen LogP contribution in [0.4, 0.5) is 37.7 Å². The molecule has 2 aliphatic rings. The second kappa shape index (κ2) is 7.83. The van der Waals surface area contributed by atoms with Crippen LogP contribution in [-0.2, 0) is 4.74 Å². The van der Waals surface area contributed by atoms with Gasteiger partial charge in [-0.05, 0) is 57.9 Å². The summed E-state index contributed by atoms with van der Waals surface area (Å²) in [6.07, 6.45) is -10.3. The molecule has 0 spiro atoms. The smallest absolute Gasteiger partial charge is 0.364 e. The van der Waals surface area contributed by atoms with Gasteiger partial charge in [0.2, 0.25) is 0 Å². The van der Waals surface area contributed by atoms with Crippen LogP contribution in [0.25, 0.3) is 5.57 Å². The molecule has 1 aromatic rings. The first kappa shape index (κ1) is 22.5. The van der Waals surface area contributed by atoms with E-state index in [-0.39, 0.29) is 29.4 Å². The molecule has 3 atom stereocenters. The molecule has 0 radical (unpaired) electrons. The Morgan fingerprint density at radius 1 is 1.13 bits per heavy atom. The molecule has 166 valence electrons. The van der Waals surface area contributed by atoms with Crippen LogP contribution in [0, 0.1) is 0 Å². The largest absolute Gasteiger partial charge is 0.417 e. The van der Waals surface area contributed by atoms with Crippen LogP contribution in [0.5, 0.6) is 0 Å². The van der Waals surface area contributed by atoms with Gasteiger partial charge in [-0.2, -0.15) is 26.3 Å². The third-order valence-electron chi connectivity index (χ3n) is 5.31. The van der Waals surface area contributed by atoms with E-state index in [2.05, 4.69) is 11.9 Å². The summed E-state index contributed by atoms with van der Waals surface area (Å²) in [5, 5.41) is 2.78. The van der Waals surface area contributed by atoms with Gasteiger partial charge in [-0.25, -0.2) is 0 Å². The number of anilines is 2. The zero-order valence-electron chi connectivity index (χ0n) is 16.9. The van der Waals surface area contributed by atoms with Crippen LogP contribution in [0.3, 0.4) is 0 Å². The van der Waals surface area contributed by atoms with E-state index in [9.17, 15) is 26.3 Å². The number of benzene rings is 1. The predicted octanol–water partition coefficient (Wildman–Crippen LogP) is 6.28. The molecule has 1 saturated heterocycles. The average Bonchev–Trinajstić information content (AvgIpc) is 2.97. The van der Waals surface area contributed by atoms with Crippen molar-refractivity contribution >= 4 is 16.9 Å². The first-order valence-corrected chi connectivity index (χ1v) is 9.68. The normalized spacial score (nSPS) is 23.3. The number of allylic oxidation sites excluding steroid dienone is 2. The molecule has 0 aliphatic carbocycles. The molecule has 3 rings (SSSR count). The van der Waals surface area contributed by atoms with E-state index >= 15 is 0 Å². The van der Waals surface area contributed by atoms with E-state index in [1.165, 1.54) is 36.9 Å². The highest BCUT2D eigenvalue weighted by Crippen LogP contribution is 2.45. The van der Waals surface area contributed by atoms with Gasteiger partial charge in [0.15, 0.2) is 6.10 Å². The second-order valence-corrected chi connectivity index (χ2v) is 7.98. The number of ether oxygens (including phenoxy) is 1. The minimum Gasteiger partial charge on any atom is -0.364 e. The maximum absolute atomic E-state index is 13.8. The fraction of sp³-hybridized carbons (Fsp3) is 0.524. The molecule has 9 heteroatoms. The van der Waals surface area contributed by atoms with E-state index < -0.39 is 36.2 Å². The first-order valence-electron chi connectivity index (χ1n) is 9.68. The third kappa shape index (κ3) is 4.45. The molecule has 1 aromatic carbocycles. The fourth-order valence-electron chi connectivity index (χ4n) is 4.16. The highest BCUT2D eigenvalue weighted by atomic mass is 19.4. The van der Waals surface area contributed by atoms with Crippen LogP contribution < -0.4 is 10.2 Å². The van der Waals surface area contributed by atoms with Crippen LogP contribution in [-0.4, -0.2) is 36.6 Å². The van der Waals surface area contributed by atoms with E-state index in [1.807, 2.05) is 0 Å². The molecule has 0 amide bonds. The van der Waals surface area contributed by atoms with E-state index in [0.717, 1.165) is 6.08 Å². The number of halogens is 6. The summed E-state index contributed by atoms with van der Waals surface area (Å²) in [5.74, 6) is 0. The van der Waals surface area contributed by atoms with E-state index in [0.29, 0.717) is 12.1 Å². The van der Waals surface area contributed by atoms with E-state index in [1.54, 1.807) is 6.92 Å². The number of hydrogen-bond acceptors (Lipinski definition) is 3. The third-order valence-corrected chi connectivity index (χ3v) is 5.31. The predicted molar refractivity (Wildman–Crippen MR) is 104 cm³/mol. The molecule has 2 heterocycles. The zero-order chi connectivity index (χ0) is 22.4. The number of hydrogen-bond donors (Lipinski definition) is 1. The summed E-state index contributed by atoms with van der Waals surface area (Å²) in [7, 11) is 0. The maximum atomic E-state index is 13.8. The van der Waals surface area contributed by atoms with Gasteiger partial charge in [0.25, 0.3) is 0 Å². The Kier molecular flexibility index (Phi) is 5.88. The molecule has 30 heavy (non-hydrogen) atoms. The number of fused-ring (bicyclic) bond motifs is 1. The Labute approximate surface area is 171 Å². The molecular weight excluding hydrogens is 410 g/mol. The molecule has 0 saturated carbocycles. The SMILES string of the molecule is C=C1C=C(C(F)(F)F)c2cc(N3C([C@@H](OC(C)C)C(F)(F)F)CC[C@@H]3C)ccc2N1. The molecule has 0 bridgehead atoms. The average molecular weight is 434 g/mol. The van der Waals surface area contributed by atoms with Crippen molar-refractivity contribution in [3.8, 4) is 0 Å². The lowest BCUT2D eigenvalue weighted by Crippen LogP contribution is -2.51. The van der Waals surface area contributed by atoms with Crippen molar-refractivity contribution in [2.45, 2.75) is 70.3 Å². The topological polar surface area (TPSA) is 24.5 Å². The van der Waals surface area contributed by atoms with Gasteiger partial charge in [-0.15, -0.1) is 0 Å². The number of rotatable bonds is 4. The molecular formula is C21H24F6N2O. The number of nitrogens with zero attached hydrogens (tertiary/aromatic N) is 1. The summed E-state index contributed by atoms with van der Waals surface area (Å²) in [6, 6.07) is 2.98. The van der Waals surface area contributed by atoms with Crippen LogP contribution in [0.2, 0.25) is 0 Å². The van der Waals surface area contributed by atoms with Crippen molar-refractivity contribution in [3.63, 3.8) is 0 Å². The molecule has 1 fully saturated rings. The lowest BCUT2D eigenvalue weighted by molar-refractivity contribution is -0.235. The van der Waals surface area contributed by atoms with Gasteiger partial charge >= 0.3 is 12.4 Å². The Morgan fingerprint density at radius 2 is 1.80 bits per heavy atom. The van der Waals surface area contributed by atoms with Gasteiger partial charge in [0, 0.05) is 28.7 Å². The van der Waals surface area contributed by atoms with E-state index in [4.69, 9.17) is 4.74 Å². The highest BCUT2D eigenvalue weighted by molar-refractivity contribution is 5.87. The Balaban J connectivity index is 2.04. The van der Waals surface area contributed by atoms with Crippen LogP contribution in [0.1, 0.15) is 39.2 Å². The van der Waals surface area contributed by atoms with Crippen molar-refractivity contribution in [1.29, 1.82) is 0 Å². The zero-order valence-corrected chi connectivity index (χ0v) is 16.9. The Morgan fingerprint density at radius 3 is 2.37 bits per heavy atom. The van der Waals surface area contributed by atoms with Gasteiger partial charge in [0.1, 0.15) is 0 Å². The van der Waals surface area contributed by atoms with Crippen LogP contribution >= 0.6 is 0 Å². The second-order valence-electron chi connectivity index (χ2n) is 7.98. The van der Waals surface area contributed by atoms with Gasteiger partial charge in [0.05, 0.1) is 17.7 Å². The summed E-state index contributed by atoms with van der Waals surface area (Å²) in [4.78, 5) is 1.54. The summed E-state index contributed by atoms with van der Waals surface area (Å²) in [6.45, 7) is 8.36. The number of nitrogens with one attached hydrogen (secondary N) is 1. The summed E-state index contributed by atoms with van der Waals surface area (Å²) >= 11 is 0. The Hall–Kier alpha value is -2.16. The van der Waals surface area contributed by atoms with Gasteiger partial charge < -0.3 is 15.0 Å². The summed E-state index contributed by atoms with van der Waals surface area (Å²) in [5.41, 5.74) is -0.379. The summed E-state index contributed by atoms with van der Waals surface area (Å²) < 4.78 is 87.2. The molecule has 0 aromatic heterocycles.